The van der Waals surface area contributed by atoms with E-state index in [0.717, 1.165) is 0 Å². The molecule has 2 aromatic heterocycles. The Labute approximate surface area is 121 Å². The molecule has 2 heterocycles. The Balaban J connectivity index is 2.01. The number of halogens is 2. The standard InChI is InChI=1S/C12H6BrFN6/c1-15-6-3-16-12(17-4-6)20-7-2-8-11(19-5-18-8)9(13)10(7)14/h2-5H,(H,18,19)(H,16,17,20). The summed E-state index contributed by atoms with van der Waals surface area (Å²) in [6, 6.07) is 1.58. The SMILES string of the molecule is [C-]#[N+]c1cnc(Nc2cc3[nH]cnc3c(Br)c2F)nc1. The van der Waals surface area contributed by atoms with Gasteiger partial charge in [-0.3, -0.25) is 0 Å². The number of hydrogen-bond donors (Lipinski definition) is 2. The van der Waals surface area contributed by atoms with Crippen molar-refractivity contribution in [1.82, 2.24) is 19.9 Å². The van der Waals surface area contributed by atoms with E-state index in [9.17, 15) is 4.39 Å². The lowest BCUT2D eigenvalue weighted by Crippen LogP contribution is -1.99. The van der Waals surface area contributed by atoms with Gasteiger partial charge in [-0.25, -0.2) is 24.2 Å². The number of hydrogen-bond acceptors (Lipinski definition) is 4. The molecule has 0 fully saturated rings. The fraction of sp³-hybridized carbons (Fsp3) is 0. The lowest BCUT2D eigenvalue weighted by Gasteiger charge is -2.07. The minimum absolute atomic E-state index is 0.210. The fourth-order valence-corrected chi connectivity index (χ4v) is 2.20. The van der Waals surface area contributed by atoms with Crippen LogP contribution in [-0.2, 0) is 0 Å². The molecule has 2 N–H and O–H groups in total. The highest BCUT2D eigenvalue weighted by molar-refractivity contribution is 9.10. The van der Waals surface area contributed by atoms with Gasteiger partial charge in [-0.2, -0.15) is 0 Å². The molecule has 98 valence electrons. The summed E-state index contributed by atoms with van der Waals surface area (Å²) < 4.78 is 14.4. The van der Waals surface area contributed by atoms with Crippen LogP contribution in [0.5, 0.6) is 0 Å². The van der Waals surface area contributed by atoms with Gasteiger partial charge < -0.3 is 10.3 Å². The van der Waals surface area contributed by atoms with E-state index in [1.54, 1.807) is 6.07 Å². The number of H-pyrrole nitrogens is 1. The number of aromatic nitrogens is 4. The monoisotopic (exact) mass is 332 g/mol. The Hall–Kier alpha value is -2.53. The van der Waals surface area contributed by atoms with E-state index in [2.05, 4.69) is 46.0 Å². The maximum Gasteiger partial charge on any atom is 0.224 e. The van der Waals surface area contributed by atoms with Crippen molar-refractivity contribution in [2.75, 3.05) is 5.32 Å². The topological polar surface area (TPSA) is 70.8 Å². The quantitative estimate of drug-likeness (QED) is 0.704. The number of nitrogens with one attached hydrogen (secondary N) is 2. The zero-order chi connectivity index (χ0) is 14.1. The number of aromatic amines is 1. The van der Waals surface area contributed by atoms with Gasteiger partial charge in [0.2, 0.25) is 11.6 Å². The minimum atomic E-state index is -0.484. The second kappa shape index (κ2) is 4.86. The molecule has 0 spiro atoms. The van der Waals surface area contributed by atoms with Gasteiger partial charge in [0.1, 0.15) is 5.52 Å². The van der Waals surface area contributed by atoms with Crippen molar-refractivity contribution >= 4 is 44.3 Å². The molecule has 0 amide bonds. The van der Waals surface area contributed by atoms with Crippen molar-refractivity contribution in [3.63, 3.8) is 0 Å². The first kappa shape index (κ1) is 12.5. The van der Waals surface area contributed by atoms with E-state index >= 15 is 0 Å². The zero-order valence-electron chi connectivity index (χ0n) is 9.85. The van der Waals surface area contributed by atoms with Crippen LogP contribution in [0.15, 0.2) is 29.3 Å². The van der Waals surface area contributed by atoms with E-state index in [-0.39, 0.29) is 16.1 Å². The second-order valence-corrected chi connectivity index (χ2v) is 4.65. The van der Waals surface area contributed by atoms with Crippen molar-refractivity contribution in [3.8, 4) is 0 Å². The van der Waals surface area contributed by atoms with E-state index in [1.165, 1.54) is 18.7 Å². The molecule has 3 rings (SSSR count). The summed E-state index contributed by atoms with van der Waals surface area (Å²) in [4.78, 5) is 18.0. The number of fused-ring (bicyclic) bond motifs is 1. The third-order valence-corrected chi connectivity index (χ3v) is 3.33. The van der Waals surface area contributed by atoms with Gasteiger partial charge in [0.15, 0.2) is 5.82 Å². The van der Waals surface area contributed by atoms with Crippen molar-refractivity contribution in [1.29, 1.82) is 0 Å². The summed E-state index contributed by atoms with van der Waals surface area (Å²) in [6.45, 7) is 6.82. The molecule has 20 heavy (non-hydrogen) atoms. The lowest BCUT2D eigenvalue weighted by molar-refractivity contribution is 0.627. The van der Waals surface area contributed by atoms with Crippen molar-refractivity contribution in [2.45, 2.75) is 0 Å². The van der Waals surface area contributed by atoms with Gasteiger partial charge in [-0.1, -0.05) is 0 Å². The van der Waals surface area contributed by atoms with Crippen molar-refractivity contribution < 1.29 is 4.39 Å². The van der Waals surface area contributed by atoms with Gasteiger partial charge in [0.05, 0.1) is 28.6 Å². The van der Waals surface area contributed by atoms with E-state index in [1.807, 2.05) is 0 Å². The molecule has 0 unspecified atom stereocenters. The van der Waals surface area contributed by atoms with Crippen LogP contribution in [0.25, 0.3) is 15.9 Å². The summed E-state index contributed by atoms with van der Waals surface area (Å²) in [5, 5.41) is 2.77. The predicted octanol–water partition coefficient (Wildman–Crippen LogP) is 3.55. The van der Waals surface area contributed by atoms with E-state index < -0.39 is 5.82 Å². The van der Waals surface area contributed by atoms with Crippen molar-refractivity contribution in [2.24, 2.45) is 0 Å². The smallest absolute Gasteiger partial charge is 0.224 e. The lowest BCUT2D eigenvalue weighted by atomic mass is 10.2. The summed E-state index contributed by atoms with van der Waals surface area (Å²) in [5.41, 5.74) is 1.72. The van der Waals surface area contributed by atoms with Crippen LogP contribution in [0.3, 0.4) is 0 Å². The highest BCUT2D eigenvalue weighted by Crippen LogP contribution is 2.31. The molecule has 0 aliphatic carbocycles. The molecule has 3 aromatic rings. The Morgan fingerprint density at radius 1 is 1.30 bits per heavy atom. The molecule has 0 radical (unpaired) electrons. The molecule has 8 heteroatoms. The first-order valence-corrected chi connectivity index (χ1v) is 6.26. The molecule has 1 aromatic carbocycles. The average Bonchev–Trinajstić information content (AvgIpc) is 2.93. The molecule has 0 saturated carbocycles. The molecule has 0 saturated heterocycles. The van der Waals surface area contributed by atoms with Crippen LogP contribution in [0.1, 0.15) is 0 Å². The molecular weight excluding hydrogens is 327 g/mol. The van der Waals surface area contributed by atoms with Gasteiger partial charge >= 0.3 is 0 Å². The summed E-state index contributed by atoms with van der Waals surface area (Å²) in [7, 11) is 0. The van der Waals surface area contributed by atoms with Crippen molar-refractivity contribution in [3.05, 3.63) is 46.5 Å². The van der Waals surface area contributed by atoms with Crippen LogP contribution < -0.4 is 5.32 Å². The maximum absolute atomic E-state index is 14.2. The highest BCUT2D eigenvalue weighted by atomic mass is 79.9. The van der Waals surface area contributed by atoms with Crippen LogP contribution in [0, 0.1) is 12.4 Å². The number of rotatable bonds is 2. The zero-order valence-corrected chi connectivity index (χ0v) is 11.4. The number of imidazole rings is 1. The van der Waals surface area contributed by atoms with Gasteiger partial charge in [0, 0.05) is 12.4 Å². The molecule has 0 atom stereocenters. The largest absolute Gasteiger partial charge is 0.344 e. The number of nitrogens with zero attached hydrogens (tertiary/aromatic N) is 4. The molecule has 6 nitrogen and oxygen atoms in total. The third-order valence-electron chi connectivity index (χ3n) is 2.61. The van der Waals surface area contributed by atoms with Crippen LogP contribution in [0.2, 0.25) is 0 Å². The maximum atomic E-state index is 14.2. The fourth-order valence-electron chi connectivity index (χ4n) is 1.67. The molecule has 0 bridgehead atoms. The third kappa shape index (κ3) is 2.08. The van der Waals surface area contributed by atoms with Gasteiger partial charge in [0.25, 0.3) is 0 Å². The first-order chi connectivity index (χ1) is 9.69. The normalized spacial score (nSPS) is 10.4. The molecule has 0 aliphatic heterocycles. The Kier molecular flexibility index (Phi) is 3.04. The first-order valence-electron chi connectivity index (χ1n) is 5.46. The minimum Gasteiger partial charge on any atom is -0.344 e. The van der Waals surface area contributed by atoms with Crippen LogP contribution in [-0.4, -0.2) is 19.9 Å². The van der Waals surface area contributed by atoms with E-state index in [0.29, 0.717) is 16.7 Å². The Morgan fingerprint density at radius 2 is 2.05 bits per heavy atom. The molecular formula is C12H6BrFN6. The molecule has 0 aliphatic rings. The summed E-state index contributed by atoms with van der Waals surface area (Å²) in [6.07, 6.45) is 4.22. The number of anilines is 2. The average molecular weight is 333 g/mol. The summed E-state index contributed by atoms with van der Waals surface area (Å²) >= 11 is 3.17. The van der Waals surface area contributed by atoms with E-state index in [4.69, 9.17) is 6.57 Å². The Morgan fingerprint density at radius 3 is 2.75 bits per heavy atom. The Bertz CT molecular complexity index is 820. The number of benzene rings is 1. The van der Waals surface area contributed by atoms with Crippen LogP contribution in [0.4, 0.5) is 21.7 Å². The van der Waals surface area contributed by atoms with Crippen LogP contribution >= 0.6 is 15.9 Å². The summed E-state index contributed by atoms with van der Waals surface area (Å²) in [5.74, 6) is -0.274. The van der Waals surface area contributed by atoms with Gasteiger partial charge in [-0.15, -0.1) is 0 Å². The van der Waals surface area contributed by atoms with Gasteiger partial charge in [-0.05, 0) is 22.0 Å². The second-order valence-electron chi connectivity index (χ2n) is 3.85. The predicted molar refractivity (Wildman–Crippen MR) is 75.3 cm³/mol. The highest BCUT2D eigenvalue weighted by Gasteiger charge is 2.14.